The predicted molar refractivity (Wildman–Crippen MR) is 114 cm³/mol. The minimum atomic E-state index is -0.181. The third-order valence-corrected chi connectivity index (χ3v) is 4.26. The van der Waals surface area contributed by atoms with E-state index in [4.69, 9.17) is 5.11 Å². The van der Waals surface area contributed by atoms with Gasteiger partial charge >= 0.3 is 0 Å². The molecule has 0 aliphatic heterocycles. The number of aliphatic hydroxyl groups is 1. The van der Waals surface area contributed by atoms with Gasteiger partial charge in [-0.1, -0.05) is 42.5 Å². The number of carbonyl (C=O) groups is 1. The van der Waals surface area contributed by atoms with Gasteiger partial charge in [0.05, 0.1) is 6.61 Å². The lowest BCUT2D eigenvalue weighted by atomic mass is 10.1. The van der Waals surface area contributed by atoms with Gasteiger partial charge in [-0.15, -0.1) is 0 Å². The van der Waals surface area contributed by atoms with Crippen molar-refractivity contribution >= 4 is 23.5 Å². The summed E-state index contributed by atoms with van der Waals surface area (Å²) in [5.74, 6) is 0.603. The first-order valence-electron chi connectivity index (χ1n) is 9.08. The molecular formula is C23H23N3O2. The van der Waals surface area contributed by atoms with Gasteiger partial charge in [0.15, 0.2) is 0 Å². The van der Waals surface area contributed by atoms with Gasteiger partial charge in [-0.2, -0.15) is 0 Å². The smallest absolute Gasteiger partial charge is 0.248 e. The second-order valence-corrected chi connectivity index (χ2v) is 6.36. The van der Waals surface area contributed by atoms with Crippen LogP contribution in [0.4, 0.5) is 11.5 Å². The fourth-order valence-corrected chi connectivity index (χ4v) is 2.77. The molecule has 28 heavy (non-hydrogen) atoms. The maximum Gasteiger partial charge on any atom is 0.248 e. The molecule has 2 aromatic carbocycles. The number of aromatic nitrogens is 1. The molecule has 2 N–H and O–H groups in total. The van der Waals surface area contributed by atoms with Crippen LogP contribution in [-0.2, 0) is 4.79 Å². The zero-order chi connectivity index (χ0) is 19.8. The Balaban J connectivity index is 1.73. The number of nitrogens with zero attached hydrogens (tertiary/aromatic N) is 2. The molecule has 3 rings (SSSR count). The molecule has 5 heteroatoms. The van der Waals surface area contributed by atoms with E-state index in [-0.39, 0.29) is 12.5 Å². The van der Waals surface area contributed by atoms with Crippen LogP contribution in [0, 0.1) is 0 Å². The first-order valence-corrected chi connectivity index (χ1v) is 9.08. The Bertz CT molecular complexity index is 955. The summed E-state index contributed by atoms with van der Waals surface area (Å²) >= 11 is 0. The van der Waals surface area contributed by atoms with Gasteiger partial charge in [0.25, 0.3) is 0 Å². The fraction of sp³-hybridized carbons (Fsp3) is 0.130. The van der Waals surface area contributed by atoms with Crippen LogP contribution in [0.5, 0.6) is 0 Å². The van der Waals surface area contributed by atoms with Crippen LogP contribution in [0.3, 0.4) is 0 Å². The van der Waals surface area contributed by atoms with Crippen molar-refractivity contribution in [3.63, 3.8) is 0 Å². The van der Waals surface area contributed by atoms with E-state index in [0.717, 1.165) is 28.2 Å². The van der Waals surface area contributed by atoms with E-state index in [1.54, 1.807) is 12.3 Å². The largest absolute Gasteiger partial charge is 0.395 e. The molecule has 0 saturated carbocycles. The van der Waals surface area contributed by atoms with Crippen molar-refractivity contribution in [3.8, 4) is 11.1 Å². The SMILES string of the molecule is CN(CCO)c1cc(-c2cccc(NC(=O)C=Cc3ccccc3)c2)ccn1. The number of hydrogen-bond acceptors (Lipinski definition) is 4. The number of anilines is 2. The molecule has 0 saturated heterocycles. The summed E-state index contributed by atoms with van der Waals surface area (Å²) in [4.78, 5) is 18.4. The summed E-state index contributed by atoms with van der Waals surface area (Å²) in [5.41, 5.74) is 3.67. The summed E-state index contributed by atoms with van der Waals surface area (Å²) in [6.45, 7) is 0.584. The van der Waals surface area contributed by atoms with Crippen LogP contribution in [0.15, 0.2) is 79.0 Å². The molecule has 142 valence electrons. The Morgan fingerprint density at radius 1 is 1.07 bits per heavy atom. The van der Waals surface area contributed by atoms with Gasteiger partial charge in [0.2, 0.25) is 5.91 Å². The second-order valence-electron chi connectivity index (χ2n) is 6.36. The Labute approximate surface area is 165 Å². The van der Waals surface area contributed by atoms with Crippen molar-refractivity contribution in [2.24, 2.45) is 0 Å². The molecule has 0 unspecified atom stereocenters. The fourth-order valence-electron chi connectivity index (χ4n) is 2.77. The van der Waals surface area contributed by atoms with Gasteiger partial charge in [0.1, 0.15) is 5.82 Å². The van der Waals surface area contributed by atoms with E-state index in [9.17, 15) is 4.79 Å². The minimum Gasteiger partial charge on any atom is -0.395 e. The normalized spacial score (nSPS) is 10.8. The molecule has 1 aromatic heterocycles. The van der Waals surface area contributed by atoms with E-state index in [1.807, 2.05) is 78.7 Å². The van der Waals surface area contributed by atoms with Crippen LogP contribution in [0.25, 0.3) is 17.2 Å². The molecule has 1 amide bonds. The predicted octanol–water partition coefficient (Wildman–Crippen LogP) is 3.83. The van der Waals surface area contributed by atoms with Crippen molar-refractivity contribution in [2.45, 2.75) is 0 Å². The Hall–Kier alpha value is -3.44. The first kappa shape index (κ1) is 19.3. The summed E-state index contributed by atoms with van der Waals surface area (Å²) in [6.07, 6.45) is 5.05. The summed E-state index contributed by atoms with van der Waals surface area (Å²) in [5, 5.41) is 12.0. The quantitative estimate of drug-likeness (QED) is 0.618. The maximum atomic E-state index is 12.2. The Morgan fingerprint density at radius 2 is 1.86 bits per heavy atom. The van der Waals surface area contributed by atoms with Crippen molar-refractivity contribution in [1.29, 1.82) is 0 Å². The number of rotatable bonds is 7. The summed E-state index contributed by atoms with van der Waals surface area (Å²) in [6, 6.07) is 21.3. The van der Waals surface area contributed by atoms with Gasteiger partial charge in [-0.3, -0.25) is 4.79 Å². The number of benzene rings is 2. The van der Waals surface area contributed by atoms with Crippen molar-refractivity contribution < 1.29 is 9.90 Å². The van der Waals surface area contributed by atoms with E-state index in [2.05, 4.69) is 10.3 Å². The molecule has 1 heterocycles. The zero-order valence-corrected chi connectivity index (χ0v) is 15.7. The highest BCUT2D eigenvalue weighted by atomic mass is 16.3. The van der Waals surface area contributed by atoms with Gasteiger partial charge in [0, 0.05) is 31.6 Å². The van der Waals surface area contributed by atoms with Crippen LogP contribution in [0.2, 0.25) is 0 Å². The van der Waals surface area contributed by atoms with Crippen LogP contribution < -0.4 is 10.2 Å². The molecule has 0 radical (unpaired) electrons. The summed E-state index contributed by atoms with van der Waals surface area (Å²) in [7, 11) is 1.89. The maximum absolute atomic E-state index is 12.2. The highest BCUT2D eigenvalue weighted by Crippen LogP contribution is 2.25. The van der Waals surface area contributed by atoms with Gasteiger partial charge < -0.3 is 15.3 Å². The monoisotopic (exact) mass is 373 g/mol. The lowest BCUT2D eigenvalue weighted by molar-refractivity contribution is -0.111. The van der Waals surface area contributed by atoms with E-state index >= 15 is 0 Å². The highest BCUT2D eigenvalue weighted by Gasteiger charge is 2.06. The van der Waals surface area contributed by atoms with E-state index < -0.39 is 0 Å². The van der Waals surface area contributed by atoms with Gasteiger partial charge in [-0.25, -0.2) is 4.98 Å². The third kappa shape index (κ3) is 5.28. The van der Waals surface area contributed by atoms with Crippen LogP contribution >= 0.6 is 0 Å². The number of pyridine rings is 1. The highest BCUT2D eigenvalue weighted by molar-refractivity contribution is 6.02. The molecule has 0 fully saturated rings. The molecule has 0 bridgehead atoms. The van der Waals surface area contributed by atoms with Crippen molar-refractivity contribution in [2.75, 3.05) is 30.4 Å². The average Bonchev–Trinajstić information content (AvgIpc) is 2.73. The topological polar surface area (TPSA) is 65.5 Å². The number of amides is 1. The Kier molecular flexibility index (Phi) is 6.54. The average molecular weight is 373 g/mol. The van der Waals surface area contributed by atoms with E-state index in [0.29, 0.717) is 6.54 Å². The molecule has 0 atom stereocenters. The lowest BCUT2D eigenvalue weighted by Gasteiger charge is -2.17. The molecule has 3 aromatic rings. The van der Waals surface area contributed by atoms with Crippen LogP contribution in [0.1, 0.15) is 5.56 Å². The standard InChI is InChI=1S/C23H23N3O2/c1-26(14-15-27)22-17-20(12-13-24-22)19-8-5-9-21(16-19)25-23(28)11-10-18-6-3-2-4-7-18/h2-13,16-17,27H,14-15H2,1H3,(H,25,28). The molecule has 0 aliphatic carbocycles. The third-order valence-electron chi connectivity index (χ3n) is 4.26. The number of likely N-dealkylation sites (N-methyl/N-ethyl adjacent to an activating group) is 1. The van der Waals surface area contributed by atoms with Crippen LogP contribution in [-0.4, -0.2) is 36.2 Å². The zero-order valence-electron chi connectivity index (χ0n) is 15.7. The first-order chi connectivity index (χ1) is 13.7. The lowest BCUT2D eigenvalue weighted by Crippen LogP contribution is -2.22. The molecule has 5 nitrogen and oxygen atoms in total. The number of hydrogen-bond donors (Lipinski definition) is 2. The van der Waals surface area contributed by atoms with E-state index in [1.165, 1.54) is 6.08 Å². The van der Waals surface area contributed by atoms with Crippen molar-refractivity contribution in [3.05, 3.63) is 84.6 Å². The van der Waals surface area contributed by atoms with Crippen molar-refractivity contribution in [1.82, 2.24) is 4.98 Å². The molecular weight excluding hydrogens is 350 g/mol. The number of aliphatic hydroxyl groups excluding tert-OH is 1. The molecule has 0 aliphatic rings. The summed E-state index contributed by atoms with van der Waals surface area (Å²) < 4.78 is 0. The second kappa shape index (κ2) is 9.48. The number of carbonyl (C=O) groups excluding carboxylic acids is 1. The Morgan fingerprint density at radius 3 is 2.64 bits per heavy atom. The number of nitrogens with one attached hydrogen (secondary N) is 1. The molecule has 0 spiro atoms. The van der Waals surface area contributed by atoms with Gasteiger partial charge in [-0.05, 0) is 47.0 Å². The minimum absolute atomic E-state index is 0.0699.